The zero-order valence-electron chi connectivity index (χ0n) is 12.6. The summed E-state index contributed by atoms with van der Waals surface area (Å²) in [6, 6.07) is 7.24. The number of amides is 1. The van der Waals surface area contributed by atoms with Crippen molar-refractivity contribution in [3.05, 3.63) is 34.9 Å². The van der Waals surface area contributed by atoms with E-state index in [1.54, 1.807) is 17.9 Å². The fourth-order valence-electron chi connectivity index (χ4n) is 2.50. The van der Waals surface area contributed by atoms with Gasteiger partial charge in [-0.05, 0) is 31.4 Å². The number of likely N-dealkylation sites (tertiary alicyclic amines) is 1. The van der Waals surface area contributed by atoms with E-state index in [4.69, 9.17) is 11.6 Å². The zero-order valence-corrected chi connectivity index (χ0v) is 14.2. The first kappa shape index (κ1) is 17.2. The highest BCUT2D eigenvalue weighted by Crippen LogP contribution is 2.18. The van der Waals surface area contributed by atoms with Crippen LogP contribution in [-0.4, -0.2) is 44.1 Å². The third kappa shape index (κ3) is 4.69. The van der Waals surface area contributed by atoms with Gasteiger partial charge in [-0.2, -0.15) is 0 Å². The summed E-state index contributed by atoms with van der Waals surface area (Å²) in [5.41, 5.74) is 0.822. The van der Waals surface area contributed by atoms with Crippen molar-refractivity contribution in [2.45, 2.75) is 32.2 Å². The highest BCUT2D eigenvalue weighted by Gasteiger charge is 2.25. The van der Waals surface area contributed by atoms with Gasteiger partial charge in [0.1, 0.15) is 0 Å². The number of hydrogen-bond acceptors (Lipinski definition) is 3. The molecule has 1 aliphatic rings. The van der Waals surface area contributed by atoms with E-state index < -0.39 is 10.0 Å². The number of benzene rings is 1. The summed E-state index contributed by atoms with van der Waals surface area (Å²) in [4.78, 5) is 14.1. The Morgan fingerprint density at radius 2 is 1.95 bits per heavy atom. The molecule has 1 fully saturated rings. The number of carbonyl (C=O) groups is 1. The van der Waals surface area contributed by atoms with Gasteiger partial charge in [-0.15, -0.1) is 0 Å². The molecule has 2 rings (SSSR count). The van der Waals surface area contributed by atoms with Gasteiger partial charge in [0.2, 0.25) is 15.9 Å². The molecule has 0 radical (unpaired) electrons. The smallest absolute Gasteiger partial charge is 0.227 e. The lowest BCUT2D eigenvalue weighted by Crippen LogP contribution is -2.47. The first-order valence-electron chi connectivity index (χ1n) is 7.42. The van der Waals surface area contributed by atoms with Crippen molar-refractivity contribution in [3.63, 3.8) is 0 Å². The number of sulfonamides is 1. The Hall–Kier alpha value is -1.11. The Bertz CT molecular complexity index is 625. The normalized spacial score (nSPS) is 16.7. The SMILES string of the molecule is CCS(=O)(=O)NC1CCN(C(=O)Cc2ccccc2Cl)CC1. The second-order valence-electron chi connectivity index (χ2n) is 5.44. The van der Waals surface area contributed by atoms with Crippen LogP contribution in [0.4, 0.5) is 0 Å². The van der Waals surface area contributed by atoms with Crippen molar-refractivity contribution in [2.75, 3.05) is 18.8 Å². The lowest BCUT2D eigenvalue weighted by Gasteiger charge is -2.32. The molecule has 1 aliphatic heterocycles. The van der Waals surface area contributed by atoms with Crippen molar-refractivity contribution in [1.29, 1.82) is 0 Å². The van der Waals surface area contributed by atoms with Gasteiger partial charge >= 0.3 is 0 Å². The molecule has 0 saturated carbocycles. The molecule has 0 unspecified atom stereocenters. The molecule has 0 aliphatic carbocycles. The van der Waals surface area contributed by atoms with Gasteiger partial charge in [-0.3, -0.25) is 4.79 Å². The van der Waals surface area contributed by atoms with Gasteiger partial charge in [-0.25, -0.2) is 13.1 Å². The molecule has 5 nitrogen and oxygen atoms in total. The molecule has 122 valence electrons. The maximum Gasteiger partial charge on any atom is 0.227 e. The molecular weight excluding hydrogens is 324 g/mol. The standard InChI is InChI=1S/C15H21ClN2O3S/c1-2-22(20,21)17-13-7-9-18(10-8-13)15(19)11-12-5-3-4-6-14(12)16/h3-6,13,17H,2,7-11H2,1H3. The third-order valence-corrected chi connectivity index (χ3v) is 5.69. The van der Waals surface area contributed by atoms with E-state index in [1.807, 2.05) is 18.2 Å². The first-order valence-corrected chi connectivity index (χ1v) is 9.45. The Morgan fingerprint density at radius 1 is 1.32 bits per heavy atom. The van der Waals surface area contributed by atoms with Crippen LogP contribution >= 0.6 is 11.6 Å². The van der Waals surface area contributed by atoms with E-state index in [2.05, 4.69) is 4.72 Å². The summed E-state index contributed by atoms with van der Waals surface area (Å²) < 4.78 is 25.8. The number of hydrogen-bond donors (Lipinski definition) is 1. The third-order valence-electron chi connectivity index (χ3n) is 3.87. The number of carbonyl (C=O) groups excluding carboxylic acids is 1. The summed E-state index contributed by atoms with van der Waals surface area (Å²) >= 11 is 6.07. The summed E-state index contributed by atoms with van der Waals surface area (Å²) in [7, 11) is -3.18. The van der Waals surface area contributed by atoms with Gasteiger partial charge in [-0.1, -0.05) is 29.8 Å². The molecule has 1 saturated heterocycles. The van der Waals surface area contributed by atoms with Gasteiger partial charge in [0.15, 0.2) is 0 Å². The Kier molecular flexibility index (Phi) is 5.83. The molecule has 22 heavy (non-hydrogen) atoms. The average molecular weight is 345 g/mol. The minimum Gasteiger partial charge on any atom is -0.342 e. The van der Waals surface area contributed by atoms with E-state index >= 15 is 0 Å². The lowest BCUT2D eigenvalue weighted by atomic mass is 10.0. The Balaban J connectivity index is 1.86. The van der Waals surface area contributed by atoms with Crippen LogP contribution in [0.25, 0.3) is 0 Å². The minimum atomic E-state index is -3.18. The summed E-state index contributed by atoms with van der Waals surface area (Å²) in [5, 5.41) is 0.599. The molecule has 7 heteroatoms. The van der Waals surface area contributed by atoms with Gasteiger partial charge < -0.3 is 4.90 Å². The number of halogens is 1. The average Bonchev–Trinajstić information content (AvgIpc) is 2.50. The largest absolute Gasteiger partial charge is 0.342 e. The van der Waals surface area contributed by atoms with Crippen molar-refractivity contribution in [3.8, 4) is 0 Å². The van der Waals surface area contributed by atoms with Crippen molar-refractivity contribution in [1.82, 2.24) is 9.62 Å². The van der Waals surface area contributed by atoms with E-state index in [-0.39, 0.29) is 24.1 Å². The van der Waals surface area contributed by atoms with Crippen LogP contribution in [0.2, 0.25) is 5.02 Å². The molecule has 0 spiro atoms. The topological polar surface area (TPSA) is 66.5 Å². The zero-order chi connectivity index (χ0) is 16.2. The van der Waals surface area contributed by atoms with Crippen LogP contribution < -0.4 is 4.72 Å². The molecule has 0 atom stereocenters. The summed E-state index contributed by atoms with van der Waals surface area (Å²) in [5.74, 6) is 0.114. The van der Waals surface area contributed by atoms with E-state index in [9.17, 15) is 13.2 Å². The lowest BCUT2D eigenvalue weighted by molar-refractivity contribution is -0.131. The van der Waals surface area contributed by atoms with Crippen LogP contribution in [0, 0.1) is 0 Å². The number of nitrogens with one attached hydrogen (secondary N) is 1. The quantitative estimate of drug-likeness (QED) is 0.886. The maximum atomic E-state index is 12.3. The monoisotopic (exact) mass is 344 g/mol. The fourth-order valence-corrected chi connectivity index (χ4v) is 3.61. The summed E-state index contributed by atoms with van der Waals surface area (Å²) in [6.45, 7) is 2.75. The van der Waals surface area contributed by atoms with Gasteiger partial charge in [0.25, 0.3) is 0 Å². The first-order chi connectivity index (χ1) is 10.4. The van der Waals surface area contributed by atoms with Crippen molar-refractivity contribution < 1.29 is 13.2 Å². The number of piperidine rings is 1. The van der Waals surface area contributed by atoms with Crippen molar-refractivity contribution in [2.24, 2.45) is 0 Å². The molecule has 1 aromatic rings. The predicted molar refractivity (Wildman–Crippen MR) is 87.4 cm³/mol. The van der Waals surface area contributed by atoms with Crippen LogP contribution in [0.3, 0.4) is 0 Å². The molecule has 0 bridgehead atoms. The number of nitrogens with zero attached hydrogens (tertiary/aromatic N) is 1. The highest BCUT2D eigenvalue weighted by molar-refractivity contribution is 7.89. The van der Waals surface area contributed by atoms with Crippen LogP contribution in [0.15, 0.2) is 24.3 Å². The van der Waals surface area contributed by atoms with Crippen molar-refractivity contribution >= 4 is 27.5 Å². The van der Waals surface area contributed by atoms with Gasteiger partial charge in [0, 0.05) is 24.2 Å². The molecule has 1 heterocycles. The fraction of sp³-hybridized carbons (Fsp3) is 0.533. The Morgan fingerprint density at radius 3 is 2.55 bits per heavy atom. The molecule has 1 aromatic carbocycles. The molecule has 0 aromatic heterocycles. The van der Waals surface area contributed by atoms with E-state index in [0.717, 1.165) is 5.56 Å². The number of rotatable bonds is 5. The van der Waals surface area contributed by atoms with E-state index in [1.165, 1.54) is 0 Å². The molecule has 1 N–H and O–H groups in total. The second kappa shape index (κ2) is 7.44. The summed E-state index contributed by atoms with van der Waals surface area (Å²) in [6.07, 6.45) is 1.58. The predicted octanol–water partition coefficient (Wildman–Crippen LogP) is 1.81. The second-order valence-corrected chi connectivity index (χ2v) is 7.89. The Labute approximate surface area is 136 Å². The van der Waals surface area contributed by atoms with Crippen LogP contribution in [0.5, 0.6) is 0 Å². The van der Waals surface area contributed by atoms with Crippen LogP contribution in [0.1, 0.15) is 25.3 Å². The van der Waals surface area contributed by atoms with Crippen LogP contribution in [-0.2, 0) is 21.2 Å². The molecule has 1 amide bonds. The highest BCUT2D eigenvalue weighted by atomic mass is 35.5. The molecular formula is C15H21ClN2O3S. The minimum absolute atomic E-state index is 0.0323. The maximum absolute atomic E-state index is 12.3. The van der Waals surface area contributed by atoms with Gasteiger partial charge in [0.05, 0.1) is 12.2 Å². The van der Waals surface area contributed by atoms with E-state index in [0.29, 0.717) is 31.0 Å².